The molecule has 1 fully saturated rings. The Labute approximate surface area is 183 Å². The van der Waals surface area contributed by atoms with Gasteiger partial charge in [0.1, 0.15) is 36.4 Å². The maximum atomic E-state index is 11.2. The van der Waals surface area contributed by atoms with Gasteiger partial charge in [-0.2, -0.15) is 0 Å². The molecule has 0 amide bonds. The number of ketones is 1. The van der Waals surface area contributed by atoms with Crippen molar-refractivity contribution in [2.45, 2.75) is 37.8 Å². The predicted molar refractivity (Wildman–Crippen MR) is 111 cm³/mol. The molecule has 0 saturated carbocycles. The van der Waals surface area contributed by atoms with Crippen LogP contribution >= 0.6 is 0 Å². The lowest BCUT2D eigenvalue weighted by molar-refractivity contribution is -0.331. The van der Waals surface area contributed by atoms with E-state index in [0.29, 0.717) is 5.56 Å². The van der Waals surface area contributed by atoms with Crippen LogP contribution in [0.5, 0.6) is 23.0 Å². The van der Waals surface area contributed by atoms with Gasteiger partial charge in [0.15, 0.2) is 23.6 Å². The van der Waals surface area contributed by atoms with Gasteiger partial charge in [0.25, 0.3) is 0 Å². The summed E-state index contributed by atoms with van der Waals surface area (Å²) >= 11 is 0. The number of Topliss-reactive ketones (excluding diaryl/α,β-unsaturated/α-hetero) is 1. The molecule has 2 aromatic carbocycles. The Hall–Kier alpha value is -3.15. The summed E-state index contributed by atoms with van der Waals surface area (Å²) in [5, 5.41) is 60.0. The molecule has 0 spiro atoms. The molecule has 1 heterocycles. The minimum atomic E-state index is -1.72. The fourth-order valence-electron chi connectivity index (χ4n) is 3.01. The Kier molecular flexibility index (Phi) is 7.33. The third kappa shape index (κ3) is 5.55. The maximum Gasteiger partial charge on any atom is 0.231 e. The van der Waals surface area contributed by atoms with Crippen LogP contribution in [0.1, 0.15) is 18.1 Å². The van der Waals surface area contributed by atoms with Gasteiger partial charge in [0, 0.05) is 11.6 Å². The fraction of sp³-hybridized carbons (Fsp3) is 0.318. The molecule has 1 aliphatic heterocycles. The molecule has 0 aromatic heterocycles. The van der Waals surface area contributed by atoms with Gasteiger partial charge in [-0.15, -0.1) is 0 Å². The number of rotatable bonds is 7. The van der Waals surface area contributed by atoms with E-state index in [2.05, 4.69) is 0 Å². The molecule has 0 bridgehead atoms. The van der Waals surface area contributed by atoms with E-state index in [1.54, 1.807) is 18.2 Å². The van der Waals surface area contributed by atoms with Crippen LogP contribution in [0.3, 0.4) is 0 Å². The summed E-state index contributed by atoms with van der Waals surface area (Å²) in [6.45, 7) is 0.859. The molecule has 0 aliphatic carbocycles. The Balaban J connectivity index is 1.86. The van der Waals surface area contributed by atoms with E-state index in [1.165, 1.54) is 31.2 Å². The first kappa shape index (κ1) is 23.5. The zero-order valence-corrected chi connectivity index (χ0v) is 17.0. The van der Waals surface area contributed by atoms with E-state index < -0.39 is 43.2 Å². The van der Waals surface area contributed by atoms with Gasteiger partial charge in [0.05, 0.1) is 0 Å². The minimum absolute atomic E-state index is 0.0897. The third-order valence-electron chi connectivity index (χ3n) is 4.64. The van der Waals surface area contributed by atoms with Gasteiger partial charge in [-0.25, -0.2) is 0 Å². The zero-order chi connectivity index (χ0) is 23.4. The monoisotopic (exact) mass is 448 g/mol. The van der Waals surface area contributed by atoms with Gasteiger partial charge in [0.2, 0.25) is 6.29 Å². The van der Waals surface area contributed by atoms with E-state index >= 15 is 0 Å². The first-order valence-electron chi connectivity index (χ1n) is 9.66. The van der Waals surface area contributed by atoms with Crippen molar-refractivity contribution in [3.8, 4) is 23.0 Å². The van der Waals surface area contributed by atoms with Crippen molar-refractivity contribution < 1.29 is 49.6 Å². The summed E-state index contributed by atoms with van der Waals surface area (Å²) in [7, 11) is 0. The molecule has 172 valence electrons. The standard InChI is InChI=1S/C22H24O10/c1-11(23)10-30-21-18(28)17(27)19(29)22(32-21)31-20-13(8-15(25)9-16(20)26)5-2-12-3-6-14(24)7-4-12/h2-9,17-19,21-22,24-29H,10H2,1H3/t17-,18-,19+,21+,22+/m0/s1. The first-order valence-corrected chi connectivity index (χ1v) is 9.66. The number of aliphatic hydroxyl groups is 3. The van der Waals surface area contributed by atoms with Crippen molar-refractivity contribution in [2.75, 3.05) is 6.61 Å². The third-order valence-corrected chi connectivity index (χ3v) is 4.64. The van der Waals surface area contributed by atoms with E-state index in [9.17, 15) is 35.4 Å². The van der Waals surface area contributed by atoms with Crippen LogP contribution < -0.4 is 4.74 Å². The number of phenols is 3. The minimum Gasteiger partial charge on any atom is -0.508 e. The topological polar surface area (TPSA) is 166 Å². The van der Waals surface area contributed by atoms with Crippen LogP contribution in [0.2, 0.25) is 0 Å². The molecule has 6 N–H and O–H groups in total. The van der Waals surface area contributed by atoms with Gasteiger partial charge < -0.3 is 44.8 Å². The van der Waals surface area contributed by atoms with E-state index in [1.807, 2.05) is 0 Å². The molecule has 1 saturated heterocycles. The van der Waals surface area contributed by atoms with Crippen LogP contribution in [0.4, 0.5) is 0 Å². The Morgan fingerprint density at radius 1 is 0.938 bits per heavy atom. The SMILES string of the molecule is CC(=O)CO[C@@H]1O[C@@H](Oc2c(O)cc(O)cc2C=Cc2ccc(O)cc2)[C@H](O)[C@@H](O)[C@@H]1O. The summed E-state index contributed by atoms with van der Waals surface area (Å²) in [6.07, 6.45) is -5.02. The van der Waals surface area contributed by atoms with E-state index in [-0.39, 0.29) is 28.6 Å². The van der Waals surface area contributed by atoms with Crippen LogP contribution in [-0.4, -0.2) is 73.9 Å². The number of carbonyl (C=O) groups is 1. The van der Waals surface area contributed by atoms with Gasteiger partial charge in [-0.1, -0.05) is 24.3 Å². The van der Waals surface area contributed by atoms with Crippen LogP contribution in [-0.2, 0) is 14.3 Å². The van der Waals surface area contributed by atoms with E-state index in [4.69, 9.17) is 14.2 Å². The number of aliphatic hydroxyl groups excluding tert-OH is 3. The second-order valence-electron chi connectivity index (χ2n) is 7.28. The summed E-state index contributed by atoms with van der Waals surface area (Å²) in [4.78, 5) is 11.2. The van der Waals surface area contributed by atoms with Crippen molar-refractivity contribution in [3.05, 3.63) is 47.5 Å². The van der Waals surface area contributed by atoms with E-state index in [0.717, 1.165) is 6.07 Å². The van der Waals surface area contributed by atoms with Crippen LogP contribution in [0.25, 0.3) is 12.2 Å². The van der Waals surface area contributed by atoms with Crippen molar-refractivity contribution in [1.29, 1.82) is 0 Å². The van der Waals surface area contributed by atoms with Crippen molar-refractivity contribution in [1.82, 2.24) is 0 Å². The highest BCUT2D eigenvalue weighted by molar-refractivity contribution is 5.76. The lowest BCUT2D eigenvalue weighted by Crippen LogP contribution is -2.60. The maximum absolute atomic E-state index is 11.2. The number of aromatic hydroxyl groups is 3. The zero-order valence-electron chi connectivity index (χ0n) is 17.0. The molecule has 2 aromatic rings. The normalized spacial score (nSPS) is 25.7. The van der Waals surface area contributed by atoms with Crippen molar-refractivity contribution in [3.63, 3.8) is 0 Å². The Morgan fingerprint density at radius 2 is 1.59 bits per heavy atom. The number of carbonyl (C=O) groups excluding carboxylic acids is 1. The predicted octanol–water partition coefficient (Wildman–Crippen LogP) is 0.723. The summed E-state index contributed by atoms with van der Waals surface area (Å²) < 4.78 is 16.1. The molecule has 0 unspecified atom stereocenters. The molecule has 10 nitrogen and oxygen atoms in total. The highest BCUT2D eigenvalue weighted by Crippen LogP contribution is 2.38. The molecule has 32 heavy (non-hydrogen) atoms. The van der Waals surface area contributed by atoms with Crippen molar-refractivity contribution >= 4 is 17.9 Å². The lowest BCUT2D eigenvalue weighted by atomic mass is 10.0. The molecule has 3 rings (SSSR count). The lowest BCUT2D eigenvalue weighted by Gasteiger charge is -2.39. The van der Waals surface area contributed by atoms with Gasteiger partial charge in [-0.3, -0.25) is 4.79 Å². The Morgan fingerprint density at radius 3 is 2.25 bits per heavy atom. The molecule has 0 radical (unpaired) electrons. The number of hydrogen-bond acceptors (Lipinski definition) is 10. The number of phenolic OH excluding ortho intramolecular Hbond substituents is 3. The highest BCUT2D eigenvalue weighted by Gasteiger charge is 2.46. The second kappa shape index (κ2) is 9.98. The largest absolute Gasteiger partial charge is 0.508 e. The molecule has 5 atom stereocenters. The first-order chi connectivity index (χ1) is 15.2. The number of hydrogen-bond donors (Lipinski definition) is 6. The molecular weight excluding hydrogens is 424 g/mol. The Bertz CT molecular complexity index is 971. The van der Waals surface area contributed by atoms with Gasteiger partial charge >= 0.3 is 0 Å². The summed E-state index contributed by atoms with van der Waals surface area (Å²) in [6, 6.07) is 8.54. The average molecular weight is 448 g/mol. The highest BCUT2D eigenvalue weighted by atomic mass is 16.8. The molecule has 10 heteroatoms. The summed E-state index contributed by atoms with van der Waals surface area (Å²) in [5.74, 6) is -1.18. The number of benzene rings is 2. The van der Waals surface area contributed by atoms with Gasteiger partial charge in [-0.05, 0) is 30.7 Å². The van der Waals surface area contributed by atoms with Crippen LogP contribution in [0.15, 0.2) is 36.4 Å². The average Bonchev–Trinajstić information content (AvgIpc) is 2.74. The fourth-order valence-corrected chi connectivity index (χ4v) is 3.01. The second-order valence-corrected chi connectivity index (χ2v) is 7.28. The summed E-state index contributed by atoms with van der Waals surface area (Å²) in [5.41, 5.74) is 0.898. The van der Waals surface area contributed by atoms with Crippen LogP contribution in [0, 0.1) is 0 Å². The molecule has 1 aliphatic rings. The smallest absolute Gasteiger partial charge is 0.231 e. The quantitative estimate of drug-likeness (QED) is 0.332. The molecular formula is C22H24O10. The van der Waals surface area contributed by atoms with Crippen molar-refractivity contribution in [2.24, 2.45) is 0 Å². The number of ether oxygens (including phenoxy) is 3.